The van der Waals surface area contributed by atoms with Crippen molar-refractivity contribution in [2.24, 2.45) is 0 Å². The lowest BCUT2D eigenvalue weighted by molar-refractivity contribution is 0.478. The zero-order chi connectivity index (χ0) is 8.72. The number of aromatic hydroxyl groups is 1. The number of aryl methyl sites for hydroxylation is 1. The first-order valence-electron chi connectivity index (χ1n) is 3.65. The van der Waals surface area contributed by atoms with Crippen LogP contribution < -0.4 is 0 Å². The van der Waals surface area contributed by atoms with Crippen LogP contribution in [0.4, 0.5) is 0 Å². The van der Waals surface area contributed by atoms with Crippen molar-refractivity contribution in [1.29, 1.82) is 0 Å². The molecule has 0 aliphatic rings. The van der Waals surface area contributed by atoms with Crippen LogP contribution >= 0.6 is 15.9 Å². The summed E-state index contributed by atoms with van der Waals surface area (Å²) in [5.41, 5.74) is 2.02. The van der Waals surface area contributed by atoms with Gasteiger partial charge in [-0.3, -0.25) is 0 Å². The molecule has 1 aromatic heterocycles. The lowest BCUT2D eigenvalue weighted by Gasteiger charge is -1.96. The summed E-state index contributed by atoms with van der Waals surface area (Å²) in [6.07, 6.45) is 0. The number of H-pyrrole nitrogens is 1. The Morgan fingerprint density at radius 2 is 2.17 bits per heavy atom. The summed E-state index contributed by atoms with van der Waals surface area (Å²) >= 11 is 3.26. The van der Waals surface area contributed by atoms with Gasteiger partial charge in [-0.1, -0.05) is 0 Å². The number of benzene rings is 1. The molecule has 62 valence electrons. The Hall–Kier alpha value is -0.960. The number of aromatic amines is 1. The lowest BCUT2D eigenvalue weighted by Crippen LogP contribution is -1.70. The molecule has 0 saturated heterocycles. The SMILES string of the molecule is Cc1cc2c(O)c(Br)ccc2[nH]1. The molecule has 0 atom stereocenters. The minimum Gasteiger partial charge on any atom is -0.506 e. The van der Waals surface area contributed by atoms with E-state index in [1.165, 1.54) is 0 Å². The molecule has 2 N–H and O–H groups in total. The molecule has 0 fully saturated rings. The maximum absolute atomic E-state index is 9.60. The van der Waals surface area contributed by atoms with Crippen LogP contribution in [0.1, 0.15) is 5.69 Å². The van der Waals surface area contributed by atoms with Crippen molar-refractivity contribution in [3.63, 3.8) is 0 Å². The van der Waals surface area contributed by atoms with Gasteiger partial charge in [0.25, 0.3) is 0 Å². The molecule has 0 aliphatic carbocycles. The summed E-state index contributed by atoms with van der Waals surface area (Å²) in [6, 6.07) is 5.69. The van der Waals surface area contributed by atoms with E-state index in [1.54, 1.807) is 0 Å². The number of nitrogens with one attached hydrogen (secondary N) is 1. The highest BCUT2D eigenvalue weighted by Gasteiger charge is 2.05. The Morgan fingerprint density at radius 3 is 2.92 bits per heavy atom. The molecule has 0 radical (unpaired) electrons. The molecule has 0 saturated carbocycles. The van der Waals surface area contributed by atoms with E-state index >= 15 is 0 Å². The van der Waals surface area contributed by atoms with Crippen molar-refractivity contribution < 1.29 is 5.11 Å². The fourth-order valence-corrected chi connectivity index (χ4v) is 1.65. The van der Waals surface area contributed by atoms with Crippen molar-refractivity contribution >= 4 is 26.8 Å². The minimum atomic E-state index is 0.303. The molecule has 0 unspecified atom stereocenters. The third-order valence-electron chi connectivity index (χ3n) is 1.86. The molecule has 1 aromatic carbocycles. The van der Waals surface area contributed by atoms with Crippen LogP contribution in [0.15, 0.2) is 22.7 Å². The predicted octanol–water partition coefficient (Wildman–Crippen LogP) is 2.94. The third-order valence-corrected chi connectivity index (χ3v) is 2.50. The Balaban J connectivity index is 2.89. The second-order valence-corrected chi connectivity index (χ2v) is 3.66. The highest BCUT2D eigenvalue weighted by molar-refractivity contribution is 9.10. The highest BCUT2D eigenvalue weighted by atomic mass is 79.9. The highest BCUT2D eigenvalue weighted by Crippen LogP contribution is 2.32. The van der Waals surface area contributed by atoms with Crippen LogP contribution in [0.2, 0.25) is 0 Å². The summed E-state index contributed by atoms with van der Waals surface area (Å²) in [7, 11) is 0. The molecule has 3 heteroatoms. The maximum atomic E-state index is 9.60. The van der Waals surface area contributed by atoms with Crippen molar-refractivity contribution in [2.75, 3.05) is 0 Å². The largest absolute Gasteiger partial charge is 0.506 e. The third kappa shape index (κ3) is 1.01. The first-order chi connectivity index (χ1) is 5.68. The van der Waals surface area contributed by atoms with E-state index in [9.17, 15) is 5.11 Å². The zero-order valence-corrected chi connectivity index (χ0v) is 8.14. The van der Waals surface area contributed by atoms with Crippen LogP contribution in [0, 0.1) is 6.92 Å². The van der Waals surface area contributed by atoms with Gasteiger partial charge in [-0.25, -0.2) is 0 Å². The number of rotatable bonds is 0. The van der Waals surface area contributed by atoms with Gasteiger partial charge in [-0.2, -0.15) is 0 Å². The number of hydrogen-bond donors (Lipinski definition) is 2. The van der Waals surface area contributed by atoms with Gasteiger partial charge in [0.1, 0.15) is 5.75 Å². The lowest BCUT2D eigenvalue weighted by atomic mass is 10.2. The van der Waals surface area contributed by atoms with Crippen molar-refractivity contribution in [1.82, 2.24) is 4.98 Å². The number of aromatic nitrogens is 1. The van der Waals surface area contributed by atoms with Crippen molar-refractivity contribution in [2.45, 2.75) is 6.92 Å². The molecule has 2 rings (SSSR count). The van der Waals surface area contributed by atoms with E-state index in [0.29, 0.717) is 5.75 Å². The Morgan fingerprint density at radius 1 is 1.42 bits per heavy atom. The van der Waals surface area contributed by atoms with E-state index in [2.05, 4.69) is 20.9 Å². The molecular formula is C9H8BrNO. The van der Waals surface area contributed by atoms with Crippen LogP contribution in [0.3, 0.4) is 0 Å². The zero-order valence-electron chi connectivity index (χ0n) is 6.56. The summed E-state index contributed by atoms with van der Waals surface area (Å²) in [6.45, 7) is 1.97. The second kappa shape index (κ2) is 2.52. The Bertz CT molecular complexity index is 433. The van der Waals surface area contributed by atoms with E-state index in [-0.39, 0.29) is 0 Å². The summed E-state index contributed by atoms with van der Waals surface area (Å²) in [4.78, 5) is 3.15. The van der Waals surface area contributed by atoms with E-state index < -0.39 is 0 Å². The van der Waals surface area contributed by atoms with E-state index in [0.717, 1.165) is 21.1 Å². The molecule has 0 aliphatic heterocycles. The molecular weight excluding hydrogens is 218 g/mol. The first kappa shape index (κ1) is 7.68. The number of halogens is 1. The van der Waals surface area contributed by atoms with Gasteiger partial charge in [0.15, 0.2) is 0 Å². The van der Waals surface area contributed by atoms with Crippen LogP contribution in [-0.2, 0) is 0 Å². The standard InChI is InChI=1S/C9H8BrNO/c1-5-4-6-8(11-5)3-2-7(10)9(6)12/h2-4,11-12H,1H3. The van der Waals surface area contributed by atoms with E-state index in [1.807, 2.05) is 25.1 Å². The minimum absolute atomic E-state index is 0.303. The number of phenolic OH excluding ortho intramolecular Hbond substituents is 1. The quantitative estimate of drug-likeness (QED) is 0.711. The Labute approximate surface area is 78.3 Å². The fourth-order valence-electron chi connectivity index (χ4n) is 1.30. The summed E-state index contributed by atoms with van der Waals surface area (Å²) in [5.74, 6) is 0.303. The fraction of sp³-hybridized carbons (Fsp3) is 0.111. The molecule has 2 nitrogen and oxygen atoms in total. The smallest absolute Gasteiger partial charge is 0.139 e. The summed E-state index contributed by atoms with van der Waals surface area (Å²) < 4.78 is 0.731. The molecule has 0 amide bonds. The normalized spacial score (nSPS) is 10.8. The maximum Gasteiger partial charge on any atom is 0.139 e. The molecule has 0 bridgehead atoms. The monoisotopic (exact) mass is 225 g/mol. The van der Waals surface area contributed by atoms with Gasteiger partial charge in [-0.05, 0) is 41.1 Å². The number of hydrogen-bond acceptors (Lipinski definition) is 1. The Kier molecular flexibility index (Phi) is 1.61. The van der Waals surface area contributed by atoms with Gasteiger partial charge in [0, 0.05) is 16.6 Å². The number of phenols is 1. The van der Waals surface area contributed by atoms with Gasteiger partial charge in [0.2, 0.25) is 0 Å². The van der Waals surface area contributed by atoms with Gasteiger partial charge >= 0.3 is 0 Å². The molecule has 1 heterocycles. The van der Waals surface area contributed by atoms with Gasteiger partial charge in [0.05, 0.1) is 4.47 Å². The van der Waals surface area contributed by atoms with Gasteiger partial charge in [-0.15, -0.1) is 0 Å². The van der Waals surface area contributed by atoms with Gasteiger partial charge < -0.3 is 10.1 Å². The average Bonchev–Trinajstić information content (AvgIpc) is 2.39. The van der Waals surface area contributed by atoms with E-state index in [4.69, 9.17) is 0 Å². The number of fused-ring (bicyclic) bond motifs is 1. The molecule has 0 spiro atoms. The van der Waals surface area contributed by atoms with Crippen molar-refractivity contribution in [3.05, 3.63) is 28.4 Å². The summed E-state index contributed by atoms with van der Waals surface area (Å²) in [5, 5.41) is 10.5. The first-order valence-corrected chi connectivity index (χ1v) is 4.44. The van der Waals surface area contributed by atoms with Crippen molar-refractivity contribution in [3.8, 4) is 5.75 Å². The second-order valence-electron chi connectivity index (χ2n) is 2.81. The topological polar surface area (TPSA) is 36.0 Å². The molecule has 2 aromatic rings. The van der Waals surface area contributed by atoms with Crippen LogP contribution in [0.25, 0.3) is 10.9 Å². The van der Waals surface area contributed by atoms with Crippen LogP contribution in [0.5, 0.6) is 5.75 Å². The van der Waals surface area contributed by atoms with Crippen LogP contribution in [-0.4, -0.2) is 10.1 Å². The predicted molar refractivity (Wildman–Crippen MR) is 52.4 cm³/mol. The molecule has 12 heavy (non-hydrogen) atoms. The average molecular weight is 226 g/mol.